The first-order valence-electron chi connectivity index (χ1n) is 7.02. The summed E-state index contributed by atoms with van der Waals surface area (Å²) in [5.74, 6) is 2.25. The zero-order valence-electron chi connectivity index (χ0n) is 14.4. The minimum Gasteiger partial charge on any atom is -0.289 e. The van der Waals surface area contributed by atoms with E-state index in [0.29, 0.717) is 0 Å². The molecule has 0 spiro atoms. The molecule has 0 saturated carbocycles. The average molecular weight is 273 g/mol. The maximum Gasteiger partial charge on any atom is 0.0613 e. The first-order chi connectivity index (χ1) is 9.45. The number of hydrogen-bond donors (Lipinski definition) is 0. The van der Waals surface area contributed by atoms with Crippen LogP contribution in [-0.4, -0.2) is 12.3 Å². The molecule has 1 rings (SSSR count). The zero-order chi connectivity index (χ0) is 16.8. The van der Waals surface area contributed by atoms with Crippen molar-refractivity contribution in [2.24, 2.45) is 10.4 Å². The van der Waals surface area contributed by atoms with E-state index >= 15 is 0 Å². The molecule has 0 bridgehead atoms. The van der Waals surface area contributed by atoms with Gasteiger partial charge in [0.15, 0.2) is 0 Å². The van der Waals surface area contributed by atoms with Crippen molar-refractivity contribution < 1.29 is 0 Å². The standard InChI is InChI=1S/C12H19N.C3H4.C2H6.C2H2/c1-6-10(7-2)11-8-13-9(3)12(11,4)5;1-3-2;2*1-2/h6H,1,7-8H2,2-5H3;1H,2H3;1-2H3;1-2H/b11-10+;;;. The van der Waals surface area contributed by atoms with Crippen LogP contribution in [0, 0.1) is 30.6 Å². The molecule has 1 heteroatoms. The van der Waals surface area contributed by atoms with Crippen LogP contribution in [0.1, 0.15) is 54.9 Å². The van der Waals surface area contributed by atoms with E-state index in [1.807, 2.05) is 19.9 Å². The van der Waals surface area contributed by atoms with Gasteiger partial charge in [-0.3, -0.25) is 4.99 Å². The van der Waals surface area contributed by atoms with Gasteiger partial charge in [-0.2, -0.15) is 0 Å². The van der Waals surface area contributed by atoms with Crippen molar-refractivity contribution in [3.63, 3.8) is 0 Å². The Hall–Kier alpha value is -1.73. The normalized spacial score (nSPS) is 16.5. The van der Waals surface area contributed by atoms with Crippen molar-refractivity contribution in [3.05, 3.63) is 23.8 Å². The SMILES string of the molecule is C#C.C#CC.C=C/C(CC)=C1/CN=C(C)C1(C)C.CC. The van der Waals surface area contributed by atoms with E-state index in [4.69, 9.17) is 0 Å². The number of hydrogen-bond acceptors (Lipinski definition) is 1. The second-order valence-corrected chi connectivity index (χ2v) is 4.38. The van der Waals surface area contributed by atoms with Crippen molar-refractivity contribution in [3.8, 4) is 25.2 Å². The van der Waals surface area contributed by atoms with Gasteiger partial charge in [0.25, 0.3) is 0 Å². The predicted molar refractivity (Wildman–Crippen MR) is 95.0 cm³/mol. The lowest BCUT2D eigenvalue weighted by Crippen LogP contribution is -2.20. The Morgan fingerprint density at radius 1 is 1.40 bits per heavy atom. The maximum absolute atomic E-state index is 4.60. The molecule has 0 fully saturated rings. The molecule has 1 heterocycles. The fraction of sp³-hybridized carbons (Fsp3) is 0.526. The Bertz CT molecular complexity index is 384. The Morgan fingerprint density at radius 3 is 2.00 bits per heavy atom. The van der Waals surface area contributed by atoms with Crippen molar-refractivity contribution in [1.82, 2.24) is 0 Å². The summed E-state index contributed by atoms with van der Waals surface area (Å²) < 4.78 is 0. The second-order valence-electron chi connectivity index (χ2n) is 4.38. The van der Waals surface area contributed by atoms with Crippen LogP contribution in [-0.2, 0) is 0 Å². The summed E-state index contributed by atoms with van der Waals surface area (Å²) in [7, 11) is 0. The summed E-state index contributed by atoms with van der Waals surface area (Å²) >= 11 is 0. The molecule has 112 valence electrons. The van der Waals surface area contributed by atoms with Gasteiger partial charge in [-0.05, 0) is 31.4 Å². The molecule has 0 amide bonds. The molecule has 1 nitrogen and oxygen atoms in total. The minimum atomic E-state index is 0.152. The van der Waals surface area contributed by atoms with Gasteiger partial charge in [-0.25, -0.2) is 0 Å². The first kappa shape index (κ1) is 23.4. The third-order valence-electron chi connectivity index (χ3n) is 3.15. The van der Waals surface area contributed by atoms with E-state index in [0.717, 1.165) is 13.0 Å². The molecule has 0 saturated heterocycles. The Morgan fingerprint density at radius 2 is 1.80 bits per heavy atom. The van der Waals surface area contributed by atoms with Crippen molar-refractivity contribution in [2.75, 3.05) is 6.54 Å². The molecule has 0 aliphatic carbocycles. The van der Waals surface area contributed by atoms with E-state index in [1.54, 1.807) is 6.92 Å². The number of rotatable bonds is 2. The van der Waals surface area contributed by atoms with Gasteiger partial charge in [-0.15, -0.1) is 25.2 Å². The summed E-state index contributed by atoms with van der Waals surface area (Å²) in [5, 5.41) is 0. The van der Waals surface area contributed by atoms with Crippen LogP contribution in [0.4, 0.5) is 0 Å². The van der Waals surface area contributed by atoms with Crippen LogP contribution in [0.25, 0.3) is 0 Å². The van der Waals surface area contributed by atoms with Crippen molar-refractivity contribution >= 4 is 5.71 Å². The van der Waals surface area contributed by atoms with Crippen LogP contribution in [0.3, 0.4) is 0 Å². The molecule has 1 aliphatic rings. The summed E-state index contributed by atoms with van der Waals surface area (Å²) in [4.78, 5) is 4.50. The lowest BCUT2D eigenvalue weighted by atomic mass is 9.79. The lowest BCUT2D eigenvalue weighted by Gasteiger charge is -2.23. The molecule has 0 radical (unpaired) electrons. The van der Waals surface area contributed by atoms with Crippen LogP contribution in [0.15, 0.2) is 28.8 Å². The molecule has 20 heavy (non-hydrogen) atoms. The highest BCUT2D eigenvalue weighted by Crippen LogP contribution is 2.36. The average Bonchev–Trinajstić information content (AvgIpc) is 2.73. The van der Waals surface area contributed by atoms with Crippen LogP contribution in [0.2, 0.25) is 0 Å². The Labute approximate surface area is 127 Å². The summed E-state index contributed by atoms with van der Waals surface area (Å²) in [5.41, 5.74) is 4.21. The number of nitrogens with zero attached hydrogens (tertiary/aromatic N) is 1. The lowest BCUT2D eigenvalue weighted by molar-refractivity contribution is 0.633. The smallest absolute Gasteiger partial charge is 0.0613 e. The fourth-order valence-corrected chi connectivity index (χ4v) is 1.80. The number of aliphatic imine (C=N–C) groups is 1. The highest BCUT2D eigenvalue weighted by molar-refractivity contribution is 5.93. The summed E-state index contributed by atoms with van der Waals surface area (Å²) in [6.07, 6.45) is 15.6. The van der Waals surface area contributed by atoms with Gasteiger partial charge >= 0.3 is 0 Å². The minimum absolute atomic E-state index is 0.152. The predicted octanol–water partition coefficient (Wildman–Crippen LogP) is 5.29. The molecular formula is C19H31N. The van der Waals surface area contributed by atoms with Crippen molar-refractivity contribution in [2.45, 2.75) is 54.9 Å². The van der Waals surface area contributed by atoms with E-state index in [9.17, 15) is 0 Å². The third-order valence-corrected chi connectivity index (χ3v) is 3.15. The van der Waals surface area contributed by atoms with E-state index in [1.165, 1.54) is 16.9 Å². The Kier molecular flexibility index (Phi) is 16.0. The highest BCUT2D eigenvalue weighted by atomic mass is 14.8. The molecule has 0 unspecified atom stereocenters. The van der Waals surface area contributed by atoms with Crippen molar-refractivity contribution in [1.29, 1.82) is 0 Å². The van der Waals surface area contributed by atoms with Gasteiger partial charge < -0.3 is 0 Å². The van der Waals surface area contributed by atoms with E-state index in [-0.39, 0.29) is 5.41 Å². The summed E-state index contributed by atoms with van der Waals surface area (Å²) in [6.45, 7) is 19.2. The van der Waals surface area contributed by atoms with Gasteiger partial charge in [0.2, 0.25) is 0 Å². The van der Waals surface area contributed by atoms with Gasteiger partial charge in [0.05, 0.1) is 6.54 Å². The van der Waals surface area contributed by atoms with Crippen LogP contribution >= 0.6 is 0 Å². The highest BCUT2D eigenvalue weighted by Gasteiger charge is 2.32. The Balaban J connectivity index is -0.000000355. The van der Waals surface area contributed by atoms with Gasteiger partial charge in [0.1, 0.15) is 0 Å². The third kappa shape index (κ3) is 7.01. The maximum atomic E-state index is 4.60. The van der Waals surface area contributed by atoms with Gasteiger partial charge in [0, 0.05) is 11.1 Å². The monoisotopic (exact) mass is 273 g/mol. The van der Waals surface area contributed by atoms with Crippen LogP contribution < -0.4 is 0 Å². The number of terminal acetylenes is 2. The molecule has 1 aliphatic heterocycles. The van der Waals surface area contributed by atoms with E-state index < -0.39 is 0 Å². The summed E-state index contributed by atoms with van der Waals surface area (Å²) in [6, 6.07) is 0. The molecule has 0 aromatic rings. The first-order valence-corrected chi connectivity index (χ1v) is 7.02. The molecule has 0 aromatic heterocycles. The second kappa shape index (κ2) is 13.7. The van der Waals surface area contributed by atoms with Gasteiger partial charge in [-0.1, -0.05) is 47.3 Å². The molecule has 0 N–H and O–H groups in total. The fourth-order valence-electron chi connectivity index (χ4n) is 1.80. The topological polar surface area (TPSA) is 12.4 Å². The molecular weight excluding hydrogens is 242 g/mol. The molecule has 0 atom stereocenters. The molecule has 0 aromatic carbocycles. The zero-order valence-corrected chi connectivity index (χ0v) is 14.4. The largest absolute Gasteiger partial charge is 0.289 e. The number of allylic oxidation sites excluding steroid dienone is 2. The van der Waals surface area contributed by atoms with E-state index in [2.05, 4.69) is 64.5 Å². The van der Waals surface area contributed by atoms with Crippen LogP contribution in [0.5, 0.6) is 0 Å². The quantitative estimate of drug-likeness (QED) is 0.606.